The molecule has 110 valence electrons. The summed E-state index contributed by atoms with van der Waals surface area (Å²) in [6, 6.07) is 4.18. The molecule has 6 nitrogen and oxygen atoms in total. The van der Waals surface area contributed by atoms with Gasteiger partial charge in [0.05, 0.1) is 19.2 Å². The van der Waals surface area contributed by atoms with Crippen LogP contribution in [0.2, 0.25) is 5.02 Å². The first-order valence-corrected chi connectivity index (χ1v) is 7.63. The van der Waals surface area contributed by atoms with Gasteiger partial charge in [0.15, 0.2) is 15.6 Å². The molecule has 1 aromatic carbocycles. The minimum Gasteiger partial charge on any atom is -0.495 e. The van der Waals surface area contributed by atoms with Crippen molar-refractivity contribution >= 4 is 33.2 Å². The van der Waals surface area contributed by atoms with Crippen LogP contribution < -0.4 is 4.74 Å². The molecule has 0 aliphatic carbocycles. The quantitative estimate of drug-likeness (QED) is 0.576. The third-order valence-electron chi connectivity index (χ3n) is 2.39. The minimum atomic E-state index is -3.87. The van der Waals surface area contributed by atoms with E-state index >= 15 is 0 Å². The van der Waals surface area contributed by atoms with Crippen molar-refractivity contribution in [1.29, 1.82) is 0 Å². The number of ketones is 1. The van der Waals surface area contributed by atoms with Crippen molar-refractivity contribution in [3.8, 4) is 5.75 Å². The van der Waals surface area contributed by atoms with E-state index in [0.29, 0.717) is 5.75 Å². The Morgan fingerprint density at radius 1 is 1.20 bits per heavy atom. The van der Waals surface area contributed by atoms with Crippen LogP contribution in [0.15, 0.2) is 18.2 Å². The maximum Gasteiger partial charge on any atom is 0.320 e. The summed E-state index contributed by atoms with van der Waals surface area (Å²) in [5.41, 5.74) is 0.129. The number of halogens is 1. The van der Waals surface area contributed by atoms with Crippen LogP contribution in [0.25, 0.3) is 0 Å². The Kier molecular flexibility index (Phi) is 5.52. The average molecular weight is 321 g/mol. The first kappa shape index (κ1) is 16.5. The smallest absolute Gasteiger partial charge is 0.320 e. The fourth-order valence-electron chi connectivity index (χ4n) is 1.41. The molecule has 1 aromatic rings. The molecule has 0 radical (unpaired) electrons. The third-order valence-corrected chi connectivity index (χ3v) is 4.06. The number of hydrogen-bond acceptors (Lipinski definition) is 6. The molecule has 1 rings (SSSR count). The Morgan fingerprint density at radius 2 is 1.85 bits per heavy atom. The molecule has 0 saturated carbocycles. The molecule has 0 unspecified atom stereocenters. The molecular weight excluding hydrogens is 308 g/mol. The monoisotopic (exact) mass is 320 g/mol. The molecule has 0 fully saturated rings. The van der Waals surface area contributed by atoms with Crippen LogP contribution in [-0.4, -0.2) is 45.9 Å². The van der Waals surface area contributed by atoms with E-state index in [1.165, 1.54) is 25.3 Å². The summed E-state index contributed by atoms with van der Waals surface area (Å²) in [7, 11) is -1.37. The highest BCUT2D eigenvalue weighted by atomic mass is 35.5. The molecule has 0 amide bonds. The normalized spacial score (nSPS) is 10.9. The van der Waals surface area contributed by atoms with Gasteiger partial charge in [0.2, 0.25) is 0 Å². The number of carbonyl (C=O) groups excluding carboxylic acids is 2. The van der Waals surface area contributed by atoms with E-state index in [1.807, 2.05) is 0 Å². The van der Waals surface area contributed by atoms with Crippen LogP contribution in [0.4, 0.5) is 0 Å². The van der Waals surface area contributed by atoms with Crippen LogP contribution >= 0.6 is 11.6 Å². The second-order valence-corrected chi connectivity index (χ2v) is 6.35. The van der Waals surface area contributed by atoms with Crippen LogP contribution in [0.5, 0.6) is 5.75 Å². The lowest BCUT2D eigenvalue weighted by atomic mass is 10.1. The van der Waals surface area contributed by atoms with Gasteiger partial charge in [0.25, 0.3) is 0 Å². The van der Waals surface area contributed by atoms with E-state index in [4.69, 9.17) is 16.3 Å². The third kappa shape index (κ3) is 4.50. The van der Waals surface area contributed by atoms with Gasteiger partial charge in [0, 0.05) is 5.56 Å². The van der Waals surface area contributed by atoms with E-state index < -0.39 is 33.1 Å². The highest BCUT2D eigenvalue weighted by Crippen LogP contribution is 2.25. The van der Waals surface area contributed by atoms with Gasteiger partial charge in [-0.15, -0.1) is 0 Å². The zero-order valence-electron chi connectivity index (χ0n) is 10.9. The Labute approximate surface area is 121 Å². The van der Waals surface area contributed by atoms with Crippen LogP contribution in [0, 0.1) is 0 Å². The number of sulfone groups is 1. The van der Waals surface area contributed by atoms with Gasteiger partial charge in [0.1, 0.15) is 17.3 Å². The molecule has 0 aliphatic heterocycles. The van der Waals surface area contributed by atoms with Crippen molar-refractivity contribution in [3.05, 3.63) is 28.8 Å². The lowest BCUT2D eigenvalue weighted by molar-refractivity contribution is -0.137. The molecule has 8 heteroatoms. The first-order chi connectivity index (χ1) is 9.29. The lowest BCUT2D eigenvalue weighted by Crippen LogP contribution is -2.24. The second-order valence-electron chi connectivity index (χ2n) is 3.88. The number of methoxy groups -OCH3 is 2. The summed E-state index contributed by atoms with van der Waals surface area (Å²) >= 11 is 5.85. The highest BCUT2D eigenvalue weighted by molar-refractivity contribution is 7.92. The number of esters is 1. The van der Waals surface area contributed by atoms with E-state index in [-0.39, 0.29) is 10.6 Å². The summed E-state index contributed by atoms with van der Waals surface area (Å²) in [5, 5.41) is 0.198. The SMILES string of the molecule is COC(=O)CS(=O)(=O)CC(=O)c1ccc(OC)c(Cl)c1. The Morgan fingerprint density at radius 3 is 2.35 bits per heavy atom. The summed E-state index contributed by atoms with van der Waals surface area (Å²) in [6.45, 7) is 0. The molecule has 0 atom stereocenters. The highest BCUT2D eigenvalue weighted by Gasteiger charge is 2.22. The van der Waals surface area contributed by atoms with Crippen molar-refractivity contribution in [3.63, 3.8) is 0 Å². The maximum absolute atomic E-state index is 11.9. The molecule has 0 aromatic heterocycles. The number of benzene rings is 1. The fraction of sp³-hybridized carbons (Fsp3) is 0.333. The number of Topliss-reactive ketones (excluding diaryl/α,β-unsaturated/α-hetero) is 1. The average Bonchev–Trinajstić information content (AvgIpc) is 2.37. The van der Waals surface area contributed by atoms with Gasteiger partial charge >= 0.3 is 5.97 Å². The minimum absolute atomic E-state index is 0.129. The van der Waals surface area contributed by atoms with Gasteiger partial charge in [-0.2, -0.15) is 0 Å². The largest absolute Gasteiger partial charge is 0.495 e. The zero-order chi connectivity index (χ0) is 15.3. The van der Waals surface area contributed by atoms with Crippen molar-refractivity contribution in [2.45, 2.75) is 0 Å². The summed E-state index contributed by atoms with van der Waals surface area (Å²) in [4.78, 5) is 22.8. The molecule has 0 heterocycles. The summed E-state index contributed by atoms with van der Waals surface area (Å²) in [6.07, 6.45) is 0. The summed E-state index contributed by atoms with van der Waals surface area (Å²) < 4.78 is 32.4. The molecule has 0 bridgehead atoms. The van der Waals surface area contributed by atoms with Gasteiger partial charge in [-0.3, -0.25) is 9.59 Å². The Hall–Kier alpha value is -1.60. The molecule has 0 spiro atoms. The number of carbonyl (C=O) groups is 2. The lowest BCUT2D eigenvalue weighted by Gasteiger charge is -2.06. The predicted molar refractivity (Wildman–Crippen MR) is 73.0 cm³/mol. The van der Waals surface area contributed by atoms with Crippen molar-refractivity contribution in [2.75, 3.05) is 25.7 Å². The van der Waals surface area contributed by atoms with Crippen molar-refractivity contribution < 1.29 is 27.5 Å². The van der Waals surface area contributed by atoms with E-state index in [9.17, 15) is 18.0 Å². The van der Waals surface area contributed by atoms with Gasteiger partial charge in [-0.25, -0.2) is 8.42 Å². The first-order valence-electron chi connectivity index (χ1n) is 5.43. The Bertz CT molecular complexity index is 623. The molecule has 0 N–H and O–H groups in total. The zero-order valence-corrected chi connectivity index (χ0v) is 12.5. The molecular formula is C12H13ClO6S. The molecule has 0 saturated heterocycles. The van der Waals surface area contributed by atoms with E-state index in [0.717, 1.165) is 7.11 Å². The van der Waals surface area contributed by atoms with E-state index in [2.05, 4.69) is 4.74 Å². The van der Waals surface area contributed by atoms with E-state index in [1.54, 1.807) is 0 Å². The molecule has 0 aliphatic rings. The molecule has 20 heavy (non-hydrogen) atoms. The summed E-state index contributed by atoms with van der Waals surface area (Å²) in [5.74, 6) is -2.81. The van der Waals surface area contributed by atoms with Gasteiger partial charge in [-0.1, -0.05) is 11.6 Å². The second kappa shape index (κ2) is 6.71. The van der Waals surface area contributed by atoms with Crippen molar-refractivity contribution in [2.24, 2.45) is 0 Å². The fourth-order valence-corrected chi connectivity index (χ4v) is 2.82. The van der Waals surface area contributed by atoms with Crippen molar-refractivity contribution in [1.82, 2.24) is 0 Å². The maximum atomic E-state index is 11.9. The predicted octanol–water partition coefficient (Wildman–Crippen LogP) is 1.12. The number of ether oxygens (including phenoxy) is 2. The van der Waals surface area contributed by atoms with Crippen LogP contribution in [-0.2, 0) is 19.4 Å². The van der Waals surface area contributed by atoms with Crippen LogP contribution in [0.1, 0.15) is 10.4 Å². The number of rotatable bonds is 6. The number of hydrogen-bond donors (Lipinski definition) is 0. The topological polar surface area (TPSA) is 86.7 Å². The van der Waals surface area contributed by atoms with Gasteiger partial charge < -0.3 is 9.47 Å². The Balaban J connectivity index is 2.86. The van der Waals surface area contributed by atoms with Gasteiger partial charge in [-0.05, 0) is 18.2 Å². The standard InChI is InChI=1S/C12H13ClO6S/c1-18-11-4-3-8(5-9(11)13)10(14)6-20(16,17)7-12(15)19-2/h3-5H,6-7H2,1-2H3. The van der Waals surface area contributed by atoms with Crippen LogP contribution in [0.3, 0.4) is 0 Å².